The van der Waals surface area contributed by atoms with Gasteiger partial charge in [0.1, 0.15) is 0 Å². The van der Waals surface area contributed by atoms with Crippen LogP contribution in [0.25, 0.3) is 0 Å². The molecule has 16 heavy (non-hydrogen) atoms. The highest BCUT2D eigenvalue weighted by atomic mass is 79.9. The Balaban J connectivity index is 1.94. The van der Waals surface area contributed by atoms with Crippen molar-refractivity contribution in [2.24, 2.45) is 0 Å². The molecule has 0 aromatic heterocycles. The van der Waals surface area contributed by atoms with Crippen LogP contribution in [-0.2, 0) is 0 Å². The van der Waals surface area contributed by atoms with E-state index in [1.807, 2.05) is 0 Å². The molecule has 1 aliphatic heterocycles. The summed E-state index contributed by atoms with van der Waals surface area (Å²) < 4.78 is 1.14. The molecule has 0 unspecified atom stereocenters. The molecule has 3 nitrogen and oxygen atoms in total. The standard InChI is InChI=1S/C12H18BrN3/c1-15(10-16-7-5-14-6-8-16)12-4-2-3-11(13)9-12/h2-4,9,14H,5-8,10H2,1H3. The van der Waals surface area contributed by atoms with Gasteiger partial charge >= 0.3 is 0 Å². The quantitative estimate of drug-likeness (QED) is 0.912. The van der Waals surface area contributed by atoms with Crippen LogP contribution in [0.15, 0.2) is 28.7 Å². The summed E-state index contributed by atoms with van der Waals surface area (Å²) in [6.07, 6.45) is 0. The van der Waals surface area contributed by atoms with Gasteiger partial charge < -0.3 is 10.2 Å². The molecule has 1 N–H and O–H groups in total. The number of anilines is 1. The Morgan fingerprint density at radius 3 is 2.81 bits per heavy atom. The number of piperazine rings is 1. The molecule has 4 heteroatoms. The van der Waals surface area contributed by atoms with E-state index >= 15 is 0 Å². The fourth-order valence-electron chi connectivity index (χ4n) is 1.95. The third-order valence-electron chi connectivity index (χ3n) is 2.87. The second-order valence-electron chi connectivity index (χ2n) is 4.19. The lowest BCUT2D eigenvalue weighted by Gasteiger charge is -2.32. The number of nitrogens with zero attached hydrogens (tertiary/aromatic N) is 2. The van der Waals surface area contributed by atoms with E-state index in [2.05, 4.69) is 62.4 Å². The number of nitrogens with one attached hydrogen (secondary N) is 1. The molecule has 0 spiro atoms. The van der Waals surface area contributed by atoms with E-state index in [4.69, 9.17) is 0 Å². The second-order valence-corrected chi connectivity index (χ2v) is 5.10. The summed E-state index contributed by atoms with van der Waals surface area (Å²) in [6, 6.07) is 8.44. The maximum Gasteiger partial charge on any atom is 0.0704 e. The molecule has 0 amide bonds. The minimum absolute atomic E-state index is 0.998. The van der Waals surface area contributed by atoms with E-state index < -0.39 is 0 Å². The first-order chi connectivity index (χ1) is 7.75. The van der Waals surface area contributed by atoms with Crippen molar-refractivity contribution in [2.75, 3.05) is 44.8 Å². The topological polar surface area (TPSA) is 18.5 Å². The minimum atomic E-state index is 0.998. The molecule has 0 radical (unpaired) electrons. The van der Waals surface area contributed by atoms with Crippen molar-refractivity contribution in [3.05, 3.63) is 28.7 Å². The van der Waals surface area contributed by atoms with Gasteiger partial charge in [-0.25, -0.2) is 0 Å². The number of benzene rings is 1. The summed E-state index contributed by atoms with van der Waals surface area (Å²) in [5.41, 5.74) is 1.26. The summed E-state index contributed by atoms with van der Waals surface area (Å²) in [7, 11) is 2.14. The molecule has 2 rings (SSSR count). The van der Waals surface area contributed by atoms with Gasteiger partial charge in [0.25, 0.3) is 0 Å². The van der Waals surface area contributed by atoms with E-state index in [0.29, 0.717) is 0 Å². The average Bonchev–Trinajstić information content (AvgIpc) is 2.30. The highest BCUT2D eigenvalue weighted by Crippen LogP contribution is 2.18. The molecule has 1 saturated heterocycles. The summed E-state index contributed by atoms with van der Waals surface area (Å²) in [4.78, 5) is 4.76. The molecule has 1 aliphatic rings. The molecule has 1 aromatic rings. The van der Waals surface area contributed by atoms with Crippen molar-refractivity contribution in [2.45, 2.75) is 0 Å². The summed E-state index contributed by atoms with van der Waals surface area (Å²) in [6.45, 7) is 5.48. The van der Waals surface area contributed by atoms with Crippen molar-refractivity contribution >= 4 is 21.6 Å². The zero-order valence-corrected chi connectivity index (χ0v) is 11.2. The van der Waals surface area contributed by atoms with Crippen LogP contribution in [-0.4, -0.2) is 44.8 Å². The second kappa shape index (κ2) is 5.66. The predicted molar refractivity (Wildman–Crippen MR) is 71.9 cm³/mol. The van der Waals surface area contributed by atoms with Gasteiger partial charge in [0.2, 0.25) is 0 Å². The van der Waals surface area contributed by atoms with Gasteiger partial charge in [-0.05, 0) is 18.2 Å². The molecular weight excluding hydrogens is 266 g/mol. The maximum atomic E-state index is 3.51. The molecule has 0 aliphatic carbocycles. The Hall–Kier alpha value is -0.580. The zero-order valence-electron chi connectivity index (χ0n) is 9.62. The number of hydrogen-bond donors (Lipinski definition) is 1. The lowest BCUT2D eigenvalue weighted by Crippen LogP contribution is -2.47. The fourth-order valence-corrected chi connectivity index (χ4v) is 2.33. The molecule has 0 bridgehead atoms. The Morgan fingerprint density at radius 1 is 1.38 bits per heavy atom. The number of rotatable bonds is 3. The third kappa shape index (κ3) is 3.20. The van der Waals surface area contributed by atoms with Crippen molar-refractivity contribution in [3.8, 4) is 0 Å². The van der Waals surface area contributed by atoms with Crippen molar-refractivity contribution < 1.29 is 0 Å². The van der Waals surface area contributed by atoms with Gasteiger partial charge in [0.05, 0.1) is 6.67 Å². The number of hydrogen-bond acceptors (Lipinski definition) is 3. The predicted octanol–water partition coefficient (Wildman–Crippen LogP) is 1.75. The van der Waals surface area contributed by atoms with Crippen LogP contribution in [0.5, 0.6) is 0 Å². The molecule has 1 fully saturated rings. The van der Waals surface area contributed by atoms with Crippen LogP contribution in [0.2, 0.25) is 0 Å². The minimum Gasteiger partial charge on any atom is -0.362 e. The average molecular weight is 284 g/mol. The van der Waals surface area contributed by atoms with E-state index in [1.54, 1.807) is 0 Å². The number of halogens is 1. The lowest BCUT2D eigenvalue weighted by molar-refractivity contribution is 0.243. The van der Waals surface area contributed by atoms with Crippen molar-refractivity contribution in [1.82, 2.24) is 10.2 Å². The molecule has 0 saturated carbocycles. The van der Waals surface area contributed by atoms with Crippen LogP contribution >= 0.6 is 15.9 Å². The molecule has 88 valence electrons. The van der Waals surface area contributed by atoms with Crippen LogP contribution < -0.4 is 10.2 Å². The Kier molecular flexibility index (Phi) is 4.21. The van der Waals surface area contributed by atoms with Crippen LogP contribution in [0.1, 0.15) is 0 Å². The highest BCUT2D eigenvalue weighted by molar-refractivity contribution is 9.10. The Morgan fingerprint density at radius 2 is 2.12 bits per heavy atom. The summed E-state index contributed by atoms with van der Waals surface area (Å²) in [5, 5.41) is 3.37. The third-order valence-corrected chi connectivity index (χ3v) is 3.36. The van der Waals surface area contributed by atoms with E-state index in [1.165, 1.54) is 5.69 Å². The summed E-state index contributed by atoms with van der Waals surface area (Å²) >= 11 is 3.51. The first kappa shape index (κ1) is 11.9. The van der Waals surface area contributed by atoms with Crippen LogP contribution in [0.3, 0.4) is 0 Å². The molecular formula is C12H18BrN3. The maximum absolute atomic E-state index is 3.51. The SMILES string of the molecule is CN(CN1CCNCC1)c1cccc(Br)c1. The zero-order chi connectivity index (χ0) is 11.4. The van der Waals surface area contributed by atoms with E-state index in [9.17, 15) is 0 Å². The van der Waals surface area contributed by atoms with E-state index in [-0.39, 0.29) is 0 Å². The van der Waals surface area contributed by atoms with Gasteiger partial charge in [-0.3, -0.25) is 4.90 Å². The lowest BCUT2D eigenvalue weighted by atomic mass is 10.3. The normalized spacial score (nSPS) is 17.4. The van der Waals surface area contributed by atoms with Gasteiger partial charge in [-0.15, -0.1) is 0 Å². The van der Waals surface area contributed by atoms with Crippen molar-refractivity contribution in [1.29, 1.82) is 0 Å². The fraction of sp³-hybridized carbons (Fsp3) is 0.500. The van der Waals surface area contributed by atoms with Crippen LogP contribution in [0.4, 0.5) is 5.69 Å². The van der Waals surface area contributed by atoms with Gasteiger partial charge in [-0.1, -0.05) is 22.0 Å². The molecule has 1 aromatic carbocycles. The van der Waals surface area contributed by atoms with E-state index in [0.717, 1.165) is 37.3 Å². The summed E-state index contributed by atoms with van der Waals surface area (Å²) in [5.74, 6) is 0. The Bertz CT molecular complexity index is 337. The van der Waals surface area contributed by atoms with Crippen molar-refractivity contribution in [3.63, 3.8) is 0 Å². The highest BCUT2D eigenvalue weighted by Gasteiger charge is 2.11. The Labute approximate surface area is 106 Å². The van der Waals surface area contributed by atoms with Gasteiger partial charge in [0.15, 0.2) is 0 Å². The molecule has 1 heterocycles. The van der Waals surface area contributed by atoms with Crippen LogP contribution in [0, 0.1) is 0 Å². The first-order valence-electron chi connectivity index (χ1n) is 5.65. The monoisotopic (exact) mass is 283 g/mol. The smallest absolute Gasteiger partial charge is 0.0704 e. The molecule has 0 atom stereocenters. The van der Waals surface area contributed by atoms with Gasteiger partial charge in [-0.2, -0.15) is 0 Å². The largest absolute Gasteiger partial charge is 0.362 e. The first-order valence-corrected chi connectivity index (χ1v) is 6.45. The van der Waals surface area contributed by atoms with Gasteiger partial charge in [0, 0.05) is 43.4 Å².